The summed E-state index contributed by atoms with van der Waals surface area (Å²) in [6.45, 7) is 3.72. The van der Waals surface area contributed by atoms with Crippen molar-refractivity contribution in [1.29, 1.82) is 0 Å². The molecule has 1 aromatic carbocycles. The van der Waals surface area contributed by atoms with E-state index in [0.29, 0.717) is 17.9 Å². The van der Waals surface area contributed by atoms with Gasteiger partial charge >= 0.3 is 11.9 Å². The monoisotopic (exact) mass is 334 g/mol. The highest BCUT2D eigenvalue weighted by atomic mass is 16.5. The van der Waals surface area contributed by atoms with Crippen LogP contribution in [0.5, 0.6) is 5.75 Å². The Bertz CT molecular complexity index is 644. The molecule has 0 saturated carbocycles. The predicted octanol–water partition coefficient (Wildman–Crippen LogP) is 1.48. The molecule has 24 heavy (non-hydrogen) atoms. The van der Waals surface area contributed by atoms with Crippen molar-refractivity contribution in [2.75, 3.05) is 18.0 Å². The number of aryl methyl sites for hydroxylation is 1. The standard InChI is InChI=1S/C17H22N2O5/c1-3-4-5-12(17(22)23)18-15(20)9-19-10-16(21)24-14-7-6-11(2)8-13(14)19/h6-8,12H,3-5,9-10H2,1-2H3,(H,18,20)(H,22,23). The zero-order chi connectivity index (χ0) is 17.7. The van der Waals surface area contributed by atoms with Crippen LogP contribution in [0.15, 0.2) is 18.2 Å². The van der Waals surface area contributed by atoms with E-state index >= 15 is 0 Å². The highest BCUT2D eigenvalue weighted by Gasteiger charge is 2.27. The fourth-order valence-electron chi connectivity index (χ4n) is 2.58. The van der Waals surface area contributed by atoms with Gasteiger partial charge in [-0.1, -0.05) is 25.8 Å². The van der Waals surface area contributed by atoms with E-state index in [0.717, 1.165) is 18.4 Å². The molecule has 1 amide bonds. The van der Waals surface area contributed by atoms with Crippen molar-refractivity contribution in [2.24, 2.45) is 0 Å². The van der Waals surface area contributed by atoms with Crippen LogP contribution in [0.25, 0.3) is 0 Å². The molecule has 1 aromatic rings. The Balaban J connectivity index is 2.07. The average Bonchev–Trinajstić information content (AvgIpc) is 2.51. The summed E-state index contributed by atoms with van der Waals surface area (Å²) in [5.41, 5.74) is 1.63. The number of hydrogen-bond acceptors (Lipinski definition) is 5. The van der Waals surface area contributed by atoms with Crippen LogP contribution in [-0.2, 0) is 14.4 Å². The summed E-state index contributed by atoms with van der Waals surface area (Å²) in [5.74, 6) is -1.52. The maximum atomic E-state index is 12.2. The van der Waals surface area contributed by atoms with Crippen LogP contribution < -0.4 is 15.0 Å². The number of ether oxygens (including phenoxy) is 1. The summed E-state index contributed by atoms with van der Waals surface area (Å²) < 4.78 is 5.16. The van der Waals surface area contributed by atoms with Crippen molar-refractivity contribution in [3.63, 3.8) is 0 Å². The largest absolute Gasteiger partial charge is 0.480 e. The third-order valence-corrected chi connectivity index (χ3v) is 3.81. The first-order chi connectivity index (χ1) is 11.4. The van der Waals surface area contributed by atoms with Gasteiger partial charge in [0, 0.05) is 0 Å². The number of anilines is 1. The van der Waals surface area contributed by atoms with Gasteiger partial charge in [0.15, 0.2) is 5.75 Å². The Morgan fingerprint density at radius 3 is 2.83 bits per heavy atom. The number of aliphatic carboxylic acids is 1. The Labute approximate surface area is 140 Å². The number of carbonyl (C=O) groups excluding carboxylic acids is 2. The molecule has 130 valence electrons. The second kappa shape index (κ2) is 7.81. The van der Waals surface area contributed by atoms with Gasteiger partial charge in [-0.15, -0.1) is 0 Å². The molecule has 0 aliphatic carbocycles. The number of esters is 1. The van der Waals surface area contributed by atoms with E-state index in [4.69, 9.17) is 4.74 Å². The highest BCUT2D eigenvalue weighted by molar-refractivity contribution is 5.91. The first kappa shape index (κ1) is 17.8. The number of amides is 1. The number of hydrogen-bond donors (Lipinski definition) is 2. The van der Waals surface area contributed by atoms with Crippen LogP contribution in [0.4, 0.5) is 5.69 Å². The SMILES string of the molecule is CCCCC(NC(=O)CN1CC(=O)Oc2ccc(C)cc21)C(=O)O. The topological polar surface area (TPSA) is 95.9 Å². The normalized spacial score (nSPS) is 14.6. The smallest absolute Gasteiger partial charge is 0.331 e. The van der Waals surface area contributed by atoms with Gasteiger partial charge in [-0.25, -0.2) is 9.59 Å². The van der Waals surface area contributed by atoms with E-state index in [1.165, 1.54) is 0 Å². The highest BCUT2D eigenvalue weighted by Crippen LogP contribution is 2.32. The number of carboxylic acid groups (broad SMARTS) is 1. The lowest BCUT2D eigenvalue weighted by molar-refractivity contribution is -0.142. The van der Waals surface area contributed by atoms with Gasteiger partial charge in [0.2, 0.25) is 5.91 Å². The van der Waals surface area contributed by atoms with Gasteiger partial charge in [0.25, 0.3) is 0 Å². The third-order valence-electron chi connectivity index (χ3n) is 3.81. The molecule has 1 aliphatic rings. The molecule has 0 saturated heterocycles. The molecule has 1 heterocycles. The van der Waals surface area contributed by atoms with Crippen molar-refractivity contribution in [1.82, 2.24) is 5.32 Å². The summed E-state index contributed by atoms with van der Waals surface area (Å²) in [7, 11) is 0. The first-order valence-corrected chi connectivity index (χ1v) is 7.99. The summed E-state index contributed by atoms with van der Waals surface area (Å²) in [5, 5.41) is 11.7. The van der Waals surface area contributed by atoms with Gasteiger partial charge < -0.3 is 20.1 Å². The minimum Gasteiger partial charge on any atom is -0.480 e. The Morgan fingerprint density at radius 1 is 1.42 bits per heavy atom. The molecule has 0 aromatic heterocycles. The predicted molar refractivity (Wildman–Crippen MR) is 88.1 cm³/mol. The van der Waals surface area contributed by atoms with Crippen LogP contribution >= 0.6 is 0 Å². The van der Waals surface area contributed by atoms with Crippen molar-refractivity contribution in [2.45, 2.75) is 39.2 Å². The van der Waals surface area contributed by atoms with Crippen molar-refractivity contribution in [3.05, 3.63) is 23.8 Å². The molecule has 1 aliphatic heterocycles. The molecule has 1 atom stereocenters. The fraction of sp³-hybridized carbons (Fsp3) is 0.471. The molecule has 2 N–H and O–H groups in total. The molecule has 0 radical (unpaired) electrons. The number of rotatable bonds is 7. The Kier molecular flexibility index (Phi) is 5.78. The van der Waals surface area contributed by atoms with Gasteiger partial charge in [-0.3, -0.25) is 4.79 Å². The molecule has 1 unspecified atom stereocenters. The average molecular weight is 334 g/mol. The second-order valence-corrected chi connectivity index (χ2v) is 5.90. The molecular formula is C17H22N2O5. The fourth-order valence-corrected chi connectivity index (χ4v) is 2.58. The minimum atomic E-state index is -1.05. The van der Waals surface area contributed by atoms with Crippen LogP contribution in [0.3, 0.4) is 0 Å². The number of nitrogens with one attached hydrogen (secondary N) is 1. The molecule has 7 nitrogen and oxygen atoms in total. The molecule has 0 spiro atoms. The summed E-state index contributed by atoms with van der Waals surface area (Å²) in [6, 6.07) is 4.43. The summed E-state index contributed by atoms with van der Waals surface area (Å²) in [4.78, 5) is 36.7. The molecular weight excluding hydrogens is 312 g/mol. The Morgan fingerprint density at radius 2 is 2.17 bits per heavy atom. The zero-order valence-electron chi connectivity index (χ0n) is 13.9. The number of carboxylic acids is 1. The van der Waals surface area contributed by atoms with Crippen molar-refractivity contribution in [3.8, 4) is 5.75 Å². The molecule has 0 fully saturated rings. The number of unbranched alkanes of at least 4 members (excludes halogenated alkanes) is 1. The lowest BCUT2D eigenvalue weighted by atomic mass is 10.1. The van der Waals surface area contributed by atoms with Crippen LogP contribution in [0.2, 0.25) is 0 Å². The molecule has 7 heteroatoms. The van der Waals surface area contributed by atoms with Gasteiger partial charge in [-0.05, 0) is 31.0 Å². The summed E-state index contributed by atoms with van der Waals surface area (Å²) in [6.07, 6.45) is 1.95. The number of nitrogens with zero attached hydrogens (tertiary/aromatic N) is 1. The lowest BCUT2D eigenvalue weighted by Gasteiger charge is -2.30. The Hall–Kier alpha value is -2.57. The summed E-state index contributed by atoms with van der Waals surface area (Å²) >= 11 is 0. The maximum Gasteiger partial charge on any atom is 0.331 e. The zero-order valence-corrected chi connectivity index (χ0v) is 13.9. The first-order valence-electron chi connectivity index (χ1n) is 7.99. The molecule has 2 rings (SSSR count). The van der Waals surface area contributed by atoms with Crippen LogP contribution in [0.1, 0.15) is 31.7 Å². The number of fused-ring (bicyclic) bond motifs is 1. The van der Waals surface area contributed by atoms with E-state index in [-0.39, 0.29) is 13.1 Å². The van der Waals surface area contributed by atoms with Crippen LogP contribution in [-0.4, -0.2) is 42.1 Å². The minimum absolute atomic E-state index is 0.0451. The third kappa shape index (κ3) is 4.47. The quantitative estimate of drug-likeness (QED) is 0.579. The van der Waals surface area contributed by atoms with Crippen LogP contribution in [0, 0.1) is 6.92 Å². The maximum absolute atomic E-state index is 12.2. The van der Waals surface area contributed by atoms with E-state index in [1.807, 2.05) is 26.0 Å². The van der Waals surface area contributed by atoms with E-state index in [9.17, 15) is 19.5 Å². The van der Waals surface area contributed by atoms with E-state index < -0.39 is 23.9 Å². The van der Waals surface area contributed by atoms with E-state index in [1.54, 1.807) is 11.0 Å². The van der Waals surface area contributed by atoms with Crippen molar-refractivity contribution < 1.29 is 24.2 Å². The van der Waals surface area contributed by atoms with Gasteiger partial charge in [0.05, 0.1) is 12.2 Å². The van der Waals surface area contributed by atoms with Gasteiger partial charge in [-0.2, -0.15) is 0 Å². The van der Waals surface area contributed by atoms with Crippen molar-refractivity contribution >= 4 is 23.5 Å². The molecule has 0 bridgehead atoms. The second-order valence-electron chi connectivity index (χ2n) is 5.90. The number of carbonyl (C=O) groups is 3. The lowest BCUT2D eigenvalue weighted by Crippen LogP contribution is -2.48. The van der Waals surface area contributed by atoms with E-state index in [2.05, 4.69) is 5.32 Å². The van der Waals surface area contributed by atoms with Gasteiger partial charge in [0.1, 0.15) is 12.6 Å². The number of benzene rings is 1.